The first kappa shape index (κ1) is 12.9. The molecule has 0 aromatic heterocycles. The lowest BCUT2D eigenvalue weighted by molar-refractivity contribution is -0.128. The molecule has 1 rings (SSSR count). The maximum absolute atomic E-state index is 11.9. The van der Waals surface area contributed by atoms with E-state index in [4.69, 9.17) is 4.74 Å². The van der Waals surface area contributed by atoms with Gasteiger partial charge in [0.05, 0.1) is 0 Å². The largest absolute Gasteiger partial charge is 0.374 e. The Bertz CT molecular complexity index is 365. The average molecular weight is 220 g/mol. The van der Waals surface area contributed by atoms with Gasteiger partial charge in [-0.1, -0.05) is 30.7 Å². The molecule has 1 atom stereocenters. The minimum atomic E-state index is -0.264. The van der Waals surface area contributed by atoms with Gasteiger partial charge in [0.1, 0.15) is 6.10 Å². The number of hydrogen-bond donors (Lipinski definition) is 0. The molecule has 2 nitrogen and oxygen atoms in total. The lowest BCUT2D eigenvalue weighted by Gasteiger charge is -2.13. The van der Waals surface area contributed by atoms with Crippen molar-refractivity contribution in [1.82, 2.24) is 0 Å². The highest BCUT2D eigenvalue weighted by atomic mass is 16.5. The van der Waals surface area contributed by atoms with Crippen molar-refractivity contribution >= 4 is 5.78 Å². The molecule has 0 amide bonds. The van der Waals surface area contributed by atoms with E-state index >= 15 is 0 Å². The predicted molar refractivity (Wildman–Crippen MR) is 65.7 cm³/mol. The summed E-state index contributed by atoms with van der Waals surface area (Å²) in [6, 6.07) is 6.21. The maximum Gasteiger partial charge on any atom is 0.165 e. The summed E-state index contributed by atoms with van der Waals surface area (Å²) in [7, 11) is 1.59. The summed E-state index contributed by atoms with van der Waals surface area (Å²) in [6.45, 7) is 6.05. The van der Waals surface area contributed by atoms with Crippen LogP contribution in [0.5, 0.6) is 0 Å². The third-order valence-electron chi connectivity index (χ3n) is 2.88. The van der Waals surface area contributed by atoms with Gasteiger partial charge in [-0.05, 0) is 31.4 Å². The Morgan fingerprint density at radius 1 is 1.38 bits per heavy atom. The summed E-state index contributed by atoms with van der Waals surface area (Å²) < 4.78 is 5.15. The normalized spacial score (nSPS) is 12.5. The number of aryl methyl sites for hydroxylation is 2. The Balaban J connectivity index is 2.80. The number of carbonyl (C=O) groups is 1. The molecule has 0 aliphatic rings. The zero-order chi connectivity index (χ0) is 12.1. The smallest absolute Gasteiger partial charge is 0.165 e. The average Bonchev–Trinajstić information content (AvgIpc) is 2.25. The molecule has 0 radical (unpaired) electrons. The Labute approximate surface area is 97.6 Å². The zero-order valence-electron chi connectivity index (χ0n) is 10.5. The molecule has 0 saturated carbocycles. The summed E-state index contributed by atoms with van der Waals surface area (Å²) >= 11 is 0. The number of hydrogen-bond acceptors (Lipinski definition) is 2. The van der Waals surface area contributed by atoms with Gasteiger partial charge in [0.15, 0.2) is 5.78 Å². The quantitative estimate of drug-likeness (QED) is 0.762. The van der Waals surface area contributed by atoms with Gasteiger partial charge in [-0.25, -0.2) is 0 Å². The van der Waals surface area contributed by atoms with Crippen LogP contribution in [0.2, 0.25) is 0 Å². The number of ether oxygens (including phenoxy) is 1. The maximum atomic E-state index is 11.9. The van der Waals surface area contributed by atoms with Crippen molar-refractivity contribution in [3.63, 3.8) is 0 Å². The van der Waals surface area contributed by atoms with Crippen LogP contribution in [-0.2, 0) is 16.0 Å². The van der Waals surface area contributed by atoms with E-state index in [0.29, 0.717) is 6.42 Å². The molecule has 1 unspecified atom stereocenters. The molecule has 0 saturated heterocycles. The van der Waals surface area contributed by atoms with E-state index in [0.717, 1.165) is 12.0 Å². The first-order valence-electron chi connectivity index (χ1n) is 5.70. The van der Waals surface area contributed by atoms with Gasteiger partial charge in [0.2, 0.25) is 0 Å². The molecule has 1 aromatic rings. The van der Waals surface area contributed by atoms with Crippen LogP contribution >= 0.6 is 0 Å². The molecule has 0 spiro atoms. The van der Waals surface area contributed by atoms with Gasteiger partial charge in [0.25, 0.3) is 0 Å². The Morgan fingerprint density at radius 2 is 2.06 bits per heavy atom. The molecule has 0 heterocycles. The second-order valence-electron chi connectivity index (χ2n) is 4.21. The molecule has 0 fully saturated rings. The first-order valence-corrected chi connectivity index (χ1v) is 5.70. The topological polar surface area (TPSA) is 26.3 Å². The monoisotopic (exact) mass is 220 g/mol. The molecule has 88 valence electrons. The highest BCUT2D eigenvalue weighted by molar-refractivity contribution is 5.85. The Morgan fingerprint density at radius 3 is 2.62 bits per heavy atom. The lowest BCUT2D eigenvalue weighted by Crippen LogP contribution is -2.24. The van der Waals surface area contributed by atoms with Crippen molar-refractivity contribution in [1.29, 1.82) is 0 Å². The van der Waals surface area contributed by atoms with Crippen molar-refractivity contribution in [3.05, 3.63) is 34.9 Å². The van der Waals surface area contributed by atoms with Crippen LogP contribution in [0.15, 0.2) is 18.2 Å². The zero-order valence-corrected chi connectivity index (χ0v) is 10.5. The molecule has 0 aliphatic heterocycles. The van der Waals surface area contributed by atoms with Crippen molar-refractivity contribution < 1.29 is 9.53 Å². The van der Waals surface area contributed by atoms with Crippen molar-refractivity contribution in [2.75, 3.05) is 7.11 Å². The van der Waals surface area contributed by atoms with Crippen LogP contribution < -0.4 is 0 Å². The molecule has 2 heteroatoms. The van der Waals surface area contributed by atoms with Crippen LogP contribution in [-0.4, -0.2) is 19.0 Å². The van der Waals surface area contributed by atoms with Crippen molar-refractivity contribution in [2.45, 2.75) is 39.7 Å². The summed E-state index contributed by atoms with van der Waals surface area (Å²) in [5.41, 5.74) is 3.48. The van der Waals surface area contributed by atoms with Crippen LogP contribution in [0.3, 0.4) is 0 Å². The van der Waals surface area contributed by atoms with Crippen LogP contribution in [0.25, 0.3) is 0 Å². The SMILES string of the molecule is CCC(OC)C(=O)Cc1cc(C)ccc1C. The highest BCUT2D eigenvalue weighted by Crippen LogP contribution is 2.13. The molecule has 1 aromatic carbocycles. The number of Topliss-reactive ketones (excluding diaryl/α,β-unsaturated/α-hetero) is 1. The summed E-state index contributed by atoms with van der Waals surface area (Å²) in [5, 5.41) is 0. The minimum Gasteiger partial charge on any atom is -0.374 e. The van der Waals surface area contributed by atoms with Crippen LogP contribution in [0, 0.1) is 13.8 Å². The van der Waals surface area contributed by atoms with Gasteiger partial charge < -0.3 is 4.74 Å². The van der Waals surface area contributed by atoms with Gasteiger partial charge in [-0.15, -0.1) is 0 Å². The van der Waals surface area contributed by atoms with E-state index < -0.39 is 0 Å². The van der Waals surface area contributed by atoms with Gasteiger partial charge in [-0.2, -0.15) is 0 Å². The van der Waals surface area contributed by atoms with Gasteiger partial charge in [-0.3, -0.25) is 4.79 Å². The molecule has 0 aliphatic carbocycles. The summed E-state index contributed by atoms with van der Waals surface area (Å²) in [4.78, 5) is 11.9. The van der Waals surface area contributed by atoms with Gasteiger partial charge >= 0.3 is 0 Å². The fraction of sp³-hybridized carbons (Fsp3) is 0.500. The summed E-state index contributed by atoms with van der Waals surface area (Å²) in [6.07, 6.45) is 0.944. The predicted octanol–water partition coefficient (Wildman–Crippen LogP) is 2.84. The van der Waals surface area contributed by atoms with Gasteiger partial charge in [0, 0.05) is 13.5 Å². The third kappa shape index (κ3) is 3.17. The van der Waals surface area contributed by atoms with Crippen LogP contribution in [0.4, 0.5) is 0 Å². The molecular weight excluding hydrogens is 200 g/mol. The molecule has 16 heavy (non-hydrogen) atoms. The fourth-order valence-electron chi connectivity index (χ4n) is 1.82. The van der Waals surface area contributed by atoms with E-state index in [9.17, 15) is 4.79 Å². The molecule has 0 bridgehead atoms. The highest BCUT2D eigenvalue weighted by Gasteiger charge is 2.16. The lowest BCUT2D eigenvalue weighted by atomic mass is 9.98. The Hall–Kier alpha value is -1.15. The summed E-state index contributed by atoms with van der Waals surface area (Å²) in [5.74, 6) is 0.165. The van der Waals surface area contributed by atoms with E-state index in [-0.39, 0.29) is 11.9 Å². The Kier molecular flexibility index (Phi) is 4.69. The third-order valence-corrected chi connectivity index (χ3v) is 2.88. The van der Waals surface area contributed by atoms with E-state index in [1.54, 1.807) is 7.11 Å². The van der Waals surface area contributed by atoms with E-state index in [1.165, 1.54) is 11.1 Å². The first-order chi connectivity index (χ1) is 7.58. The second-order valence-corrected chi connectivity index (χ2v) is 4.21. The van der Waals surface area contributed by atoms with E-state index in [1.807, 2.05) is 20.8 Å². The number of methoxy groups -OCH3 is 1. The van der Waals surface area contributed by atoms with Crippen molar-refractivity contribution in [3.8, 4) is 0 Å². The number of ketones is 1. The number of rotatable bonds is 5. The van der Waals surface area contributed by atoms with Crippen molar-refractivity contribution in [2.24, 2.45) is 0 Å². The molecule has 0 N–H and O–H groups in total. The number of benzene rings is 1. The second kappa shape index (κ2) is 5.80. The molecular formula is C14H20O2. The fourth-order valence-corrected chi connectivity index (χ4v) is 1.82. The van der Waals surface area contributed by atoms with E-state index in [2.05, 4.69) is 18.2 Å². The standard InChI is InChI=1S/C14H20O2/c1-5-14(16-4)13(15)9-12-8-10(2)6-7-11(12)3/h6-8,14H,5,9H2,1-4H3. The minimum absolute atomic E-state index is 0.165. The number of carbonyl (C=O) groups excluding carboxylic acids is 1. The van der Waals surface area contributed by atoms with Crippen LogP contribution in [0.1, 0.15) is 30.0 Å².